The summed E-state index contributed by atoms with van der Waals surface area (Å²) in [7, 11) is 0. The molecule has 0 fully saturated rings. The number of carboxylic acids is 2. The van der Waals surface area contributed by atoms with Crippen molar-refractivity contribution >= 4 is 64.8 Å². The number of rotatable bonds is 21. The molecular formula is C45H52F6N10O8. The van der Waals surface area contributed by atoms with Gasteiger partial charge < -0.3 is 47.7 Å². The third-order valence-corrected chi connectivity index (χ3v) is 9.20. The number of hydrogen-bond donors (Lipinski definition) is 8. The Morgan fingerprint density at radius 2 is 1.30 bits per heavy atom. The molecular weight excluding hydrogens is 923 g/mol. The monoisotopic (exact) mass is 974 g/mol. The third kappa shape index (κ3) is 20.4. The van der Waals surface area contributed by atoms with Crippen molar-refractivity contribution in [2.75, 3.05) is 36.9 Å². The minimum absolute atomic E-state index is 0.0255. The highest BCUT2D eigenvalue weighted by Gasteiger charge is 2.39. The quantitative estimate of drug-likeness (QED) is 0.0272. The Bertz CT molecular complexity index is 2400. The standard InChI is InChI=1S/C41H50N10O4.2C2HF3O2/c1-29(43)38(52)48-35(27-32-17-9-4-10-18-32)39(53)47-34(19-11-12-22-42)40(54)55-26-24-45-41-49-36(44-23-20-30-13-5-2-6-14-30)33-28-46-51(37(33)50-41)25-21-31-15-7-3-8-16-31;2*3-2(4,5)1(6)7/h2-10,13-18,21,25,28-29,34-35H,11-12,19-20,22-24,26-27,42-43H2,1H3,(H,47,53)(H,48,52)(H2,44,45,49,50);2*(H,6,7)/b25-21+;;/t29-,34+,35+;;/m1../s1. The summed E-state index contributed by atoms with van der Waals surface area (Å²) < 4.78 is 70.8. The molecule has 0 bridgehead atoms. The maximum absolute atomic E-state index is 13.5. The topological polar surface area (TPSA) is 279 Å². The van der Waals surface area contributed by atoms with Crippen LogP contribution in [0.15, 0.2) is 97.2 Å². The number of anilines is 2. The maximum Gasteiger partial charge on any atom is 0.490 e. The number of aliphatic carboxylic acids is 2. The van der Waals surface area contributed by atoms with E-state index in [4.69, 9.17) is 46.0 Å². The molecule has 2 aromatic heterocycles. The number of carboxylic acid groups (broad SMARTS) is 2. The van der Waals surface area contributed by atoms with Gasteiger partial charge in [0, 0.05) is 19.2 Å². The predicted octanol–water partition coefficient (Wildman–Crippen LogP) is 5.02. The Labute approximate surface area is 391 Å². The molecule has 0 saturated heterocycles. The molecule has 0 aliphatic carbocycles. The van der Waals surface area contributed by atoms with Gasteiger partial charge in [0.05, 0.1) is 24.2 Å². The van der Waals surface area contributed by atoms with E-state index < -0.39 is 60.2 Å². The Kier molecular flexibility index (Phi) is 22.5. The van der Waals surface area contributed by atoms with Gasteiger partial charge in [-0.1, -0.05) is 91.0 Å². The fourth-order valence-corrected chi connectivity index (χ4v) is 5.73. The van der Waals surface area contributed by atoms with Crippen LogP contribution in [0.4, 0.5) is 38.1 Å². The molecule has 372 valence electrons. The van der Waals surface area contributed by atoms with Gasteiger partial charge in [-0.15, -0.1) is 0 Å². The average Bonchev–Trinajstić information content (AvgIpc) is 3.72. The zero-order chi connectivity index (χ0) is 51.0. The lowest BCUT2D eigenvalue weighted by Crippen LogP contribution is -2.55. The highest BCUT2D eigenvalue weighted by molar-refractivity contribution is 5.92. The lowest BCUT2D eigenvalue weighted by molar-refractivity contribution is -0.193. The summed E-state index contributed by atoms with van der Waals surface area (Å²) in [4.78, 5) is 66.7. The number of amides is 2. The molecule has 5 aromatic rings. The SMILES string of the molecule is C[C@@H](N)C(=O)N[C@@H](Cc1ccccc1)C(=O)N[C@@H](CCCCN)C(=O)OCCNc1nc(NCCc2ccccc2)c2cnn(/C=C/c3ccccc3)c2n1.O=C(O)C(F)(F)F.O=C(O)C(F)(F)F. The molecule has 18 nitrogen and oxygen atoms in total. The summed E-state index contributed by atoms with van der Waals surface area (Å²) in [5.74, 6) is -6.18. The molecule has 3 aromatic carbocycles. The minimum atomic E-state index is -5.08. The first-order chi connectivity index (χ1) is 32.7. The van der Waals surface area contributed by atoms with E-state index in [1.807, 2.05) is 91.1 Å². The summed E-state index contributed by atoms with van der Waals surface area (Å²) in [6.45, 7) is 2.78. The second-order valence-corrected chi connectivity index (χ2v) is 14.7. The largest absolute Gasteiger partial charge is 0.490 e. The molecule has 0 radical (unpaired) electrons. The first kappa shape index (κ1) is 55.7. The van der Waals surface area contributed by atoms with Gasteiger partial charge in [-0.05, 0) is 61.9 Å². The molecule has 24 heteroatoms. The molecule has 2 heterocycles. The van der Waals surface area contributed by atoms with E-state index in [-0.39, 0.29) is 19.6 Å². The van der Waals surface area contributed by atoms with Crippen molar-refractivity contribution in [3.8, 4) is 0 Å². The number of carbonyl (C=O) groups is 5. The number of esters is 1. The number of nitrogens with one attached hydrogen (secondary N) is 4. The van der Waals surface area contributed by atoms with Gasteiger partial charge in [0.2, 0.25) is 17.8 Å². The highest BCUT2D eigenvalue weighted by Crippen LogP contribution is 2.23. The van der Waals surface area contributed by atoms with Crippen LogP contribution in [0, 0.1) is 0 Å². The Morgan fingerprint density at radius 3 is 1.86 bits per heavy atom. The number of nitrogens with zero attached hydrogens (tertiary/aromatic N) is 4. The highest BCUT2D eigenvalue weighted by atomic mass is 19.4. The first-order valence-electron chi connectivity index (χ1n) is 21.1. The molecule has 0 saturated carbocycles. The fraction of sp³-hybridized carbons (Fsp3) is 0.333. The summed E-state index contributed by atoms with van der Waals surface area (Å²) in [5.41, 5.74) is 15.1. The van der Waals surface area contributed by atoms with Crippen molar-refractivity contribution in [1.29, 1.82) is 0 Å². The summed E-state index contributed by atoms with van der Waals surface area (Å²) >= 11 is 0. The van der Waals surface area contributed by atoms with Gasteiger partial charge in [-0.25, -0.2) is 19.1 Å². The van der Waals surface area contributed by atoms with Crippen LogP contribution in [-0.4, -0.2) is 116 Å². The number of fused-ring (bicyclic) bond motifs is 1. The Balaban J connectivity index is 0.000000782. The van der Waals surface area contributed by atoms with Crippen molar-refractivity contribution in [3.05, 3.63) is 114 Å². The average molecular weight is 975 g/mol. The number of alkyl halides is 6. The van der Waals surface area contributed by atoms with Crippen LogP contribution in [0.3, 0.4) is 0 Å². The van der Waals surface area contributed by atoms with Gasteiger partial charge in [0.15, 0.2) is 5.65 Å². The molecule has 3 atom stereocenters. The van der Waals surface area contributed by atoms with Gasteiger partial charge >= 0.3 is 30.3 Å². The van der Waals surface area contributed by atoms with E-state index in [1.54, 1.807) is 10.9 Å². The molecule has 0 aliphatic rings. The Morgan fingerprint density at radius 1 is 0.754 bits per heavy atom. The van der Waals surface area contributed by atoms with E-state index in [9.17, 15) is 40.7 Å². The number of unbranched alkanes of at least 4 members (excludes halogenated alkanes) is 1. The van der Waals surface area contributed by atoms with Gasteiger partial charge in [0.25, 0.3) is 0 Å². The smallest absolute Gasteiger partial charge is 0.475 e. The van der Waals surface area contributed by atoms with Crippen LogP contribution in [0.1, 0.15) is 42.9 Å². The molecule has 69 heavy (non-hydrogen) atoms. The molecule has 0 aliphatic heterocycles. The number of benzene rings is 3. The molecule has 0 spiro atoms. The number of hydrogen-bond acceptors (Lipinski definition) is 13. The summed E-state index contributed by atoms with van der Waals surface area (Å²) in [5, 5.41) is 31.7. The third-order valence-electron chi connectivity index (χ3n) is 9.20. The summed E-state index contributed by atoms with van der Waals surface area (Å²) in [6.07, 6.45) is -2.08. The normalized spacial score (nSPS) is 12.5. The fourth-order valence-electron chi connectivity index (χ4n) is 5.73. The van der Waals surface area contributed by atoms with Crippen molar-refractivity contribution in [3.63, 3.8) is 0 Å². The van der Waals surface area contributed by atoms with E-state index in [1.165, 1.54) is 12.5 Å². The van der Waals surface area contributed by atoms with Gasteiger partial charge in [0.1, 0.15) is 24.5 Å². The van der Waals surface area contributed by atoms with E-state index >= 15 is 0 Å². The van der Waals surface area contributed by atoms with Crippen LogP contribution >= 0.6 is 0 Å². The number of ether oxygens (including phenoxy) is 1. The van der Waals surface area contributed by atoms with Crippen molar-refractivity contribution in [1.82, 2.24) is 30.4 Å². The van der Waals surface area contributed by atoms with Crippen LogP contribution in [0.2, 0.25) is 0 Å². The second-order valence-electron chi connectivity index (χ2n) is 14.7. The molecule has 5 rings (SSSR count). The van der Waals surface area contributed by atoms with Crippen LogP contribution in [0.5, 0.6) is 0 Å². The number of nitrogens with two attached hydrogens (primary N) is 2. The first-order valence-corrected chi connectivity index (χ1v) is 21.1. The van der Waals surface area contributed by atoms with E-state index in [0.717, 1.165) is 22.9 Å². The van der Waals surface area contributed by atoms with E-state index in [2.05, 4.69) is 38.5 Å². The minimum Gasteiger partial charge on any atom is -0.475 e. The maximum atomic E-state index is 13.5. The molecule has 0 unspecified atom stereocenters. The molecule has 2 amide bonds. The number of aromatic nitrogens is 4. The van der Waals surface area contributed by atoms with Crippen LogP contribution < -0.4 is 32.7 Å². The zero-order valence-electron chi connectivity index (χ0n) is 37.0. The zero-order valence-corrected chi connectivity index (χ0v) is 37.0. The number of halogens is 6. The van der Waals surface area contributed by atoms with Crippen LogP contribution in [-0.2, 0) is 41.6 Å². The van der Waals surface area contributed by atoms with Crippen LogP contribution in [0.25, 0.3) is 23.3 Å². The van der Waals surface area contributed by atoms with Crippen molar-refractivity contribution in [2.45, 2.75) is 69.5 Å². The van der Waals surface area contributed by atoms with Crippen molar-refractivity contribution in [2.24, 2.45) is 11.5 Å². The van der Waals surface area contributed by atoms with Gasteiger partial charge in [-0.3, -0.25) is 9.59 Å². The number of carbonyl (C=O) groups excluding carboxylic acids is 3. The van der Waals surface area contributed by atoms with Gasteiger partial charge in [-0.2, -0.15) is 41.4 Å². The Hall–Kier alpha value is -7.60. The molecule has 10 N–H and O–H groups in total. The lowest BCUT2D eigenvalue weighted by Gasteiger charge is -2.23. The predicted molar refractivity (Wildman–Crippen MR) is 243 cm³/mol. The van der Waals surface area contributed by atoms with E-state index in [0.29, 0.717) is 49.8 Å². The lowest BCUT2D eigenvalue weighted by atomic mass is 10.0. The second kappa shape index (κ2) is 27.9. The van der Waals surface area contributed by atoms with Crippen molar-refractivity contribution < 1.29 is 65.3 Å². The summed E-state index contributed by atoms with van der Waals surface area (Å²) in [6, 6.07) is 26.6.